The lowest BCUT2D eigenvalue weighted by molar-refractivity contribution is -0.113. The molecule has 1 fully saturated rings. The van der Waals surface area contributed by atoms with Crippen LogP contribution in [0, 0.1) is 5.82 Å². The molecule has 0 saturated carbocycles. The van der Waals surface area contributed by atoms with Crippen molar-refractivity contribution in [1.29, 1.82) is 0 Å². The Hall–Kier alpha value is -2.39. The molecule has 1 aliphatic rings. The predicted octanol–water partition coefficient (Wildman–Crippen LogP) is 7.24. The van der Waals surface area contributed by atoms with Gasteiger partial charge in [-0.3, -0.25) is 9.69 Å². The van der Waals surface area contributed by atoms with Crippen LogP contribution in [0.25, 0.3) is 6.08 Å². The molecule has 3 aromatic carbocycles. The van der Waals surface area contributed by atoms with Gasteiger partial charge in [-0.1, -0.05) is 69.7 Å². The van der Waals surface area contributed by atoms with Crippen LogP contribution in [0.5, 0.6) is 11.5 Å². The van der Waals surface area contributed by atoms with Crippen molar-refractivity contribution >= 4 is 73.5 Å². The van der Waals surface area contributed by atoms with Crippen LogP contribution < -0.4 is 14.4 Å². The van der Waals surface area contributed by atoms with Crippen LogP contribution in [0.15, 0.2) is 70.0 Å². The van der Waals surface area contributed by atoms with Gasteiger partial charge in [-0.05, 0) is 59.7 Å². The van der Waals surface area contributed by atoms with Crippen LogP contribution in [-0.2, 0) is 11.4 Å². The van der Waals surface area contributed by atoms with E-state index in [1.165, 1.54) is 23.1 Å². The number of hydrogen-bond donors (Lipinski definition) is 0. The first-order valence-electron chi connectivity index (χ1n) is 9.64. The van der Waals surface area contributed by atoms with Crippen LogP contribution in [0.3, 0.4) is 0 Å². The highest BCUT2D eigenvalue weighted by molar-refractivity contribution is 9.10. The van der Waals surface area contributed by atoms with Gasteiger partial charge in [0.15, 0.2) is 15.8 Å². The largest absolute Gasteiger partial charge is 0.493 e. The maximum Gasteiger partial charge on any atom is 0.270 e. The standard InChI is InChI=1S/C24H16BrClFNO3S2/c1-30-21-10-15(4-9-20(21)31-13-14-2-5-16(25)6-3-14)11-22-23(29)28(24(32)33-22)17-7-8-19(27)18(26)12-17/h2-12H,13H2,1H3/b22-11-. The monoisotopic (exact) mass is 563 g/mol. The average Bonchev–Trinajstić information content (AvgIpc) is 3.08. The number of thioether (sulfide) groups is 1. The van der Waals surface area contributed by atoms with Crippen molar-refractivity contribution < 1.29 is 18.7 Å². The number of methoxy groups -OCH3 is 1. The maximum absolute atomic E-state index is 13.5. The van der Waals surface area contributed by atoms with Gasteiger partial charge in [-0.25, -0.2) is 4.39 Å². The van der Waals surface area contributed by atoms with E-state index in [9.17, 15) is 9.18 Å². The third-order valence-corrected chi connectivity index (χ3v) is 6.87. The van der Waals surface area contributed by atoms with E-state index in [-0.39, 0.29) is 10.9 Å². The van der Waals surface area contributed by atoms with Crippen LogP contribution in [0.2, 0.25) is 5.02 Å². The van der Waals surface area contributed by atoms with E-state index < -0.39 is 5.82 Å². The minimum Gasteiger partial charge on any atom is -0.493 e. The third-order valence-electron chi connectivity index (χ3n) is 4.75. The van der Waals surface area contributed by atoms with E-state index in [0.717, 1.165) is 27.4 Å². The number of rotatable bonds is 6. The zero-order chi connectivity index (χ0) is 23.5. The van der Waals surface area contributed by atoms with E-state index in [0.29, 0.717) is 33.0 Å². The number of hydrogen-bond acceptors (Lipinski definition) is 5. The number of thiocarbonyl (C=S) groups is 1. The van der Waals surface area contributed by atoms with Crippen LogP contribution in [0.1, 0.15) is 11.1 Å². The SMILES string of the molecule is COc1cc(/C=C2\SC(=S)N(c3ccc(F)c(Cl)c3)C2=O)ccc1OCc1ccc(Br)cc1. The molecule has 0 radical (unpaired) electrons. The first-order chi connectivity index (χ1) is 15.9. The molecule has 0 spiro atoms. The molecule has 0 bridgehead atoms. The Morgan fingerprint density at radius 3 is 2.58 bits per heavy atom. The molecule has 0 aromatic heterocycles. The van der Waals surface area contributed by atoms with Crippen molar-refractivity contribution in [1.82, 2.24) is 0 Å². The molecule has 0 atom stereocenters. The molecule has 0 N–H and O–H groups in total. The molecule has 3 aromatic rings. The summed E-state index contributed by atoms with van der Waals surface area (Å²) in [6.45, 7) is 0.391. The minimum atomic E-state index is -0.559. The topological polar surface area (TPSA) is 38.8 Å². The highest BCUT2D eigenvalue weighted by atomic mass is 79.9. The number of benzene rings is 3. The Bertz CT molecular complexity index is 1270. The van der Waals surface area contributed by atoms with Crippen molar-refractivity contribution in [3.8, 4) is 11.5 Å². The van der Waals surface area contributed by atoms with Crippen molar-refractivity contribution in [2.24, 2.45) is 0 Å². The van der Waals surface area contributed by atoms with E-state index >= 15 is 0 Å². The summed E-state index contributed by atoms with van der Waals surface area (Å²) in [7, 11) is 1.56. The summed E-state index contributed by atoms with van der Waals surface area (Å²) in [6.07, 6.45) is 1.73. The van der Waals surface area contributed by atoms with Gasteiger partial charge in [-0.15, -0.1) is 0 Å². The number of carbonyl (C=O) groups excluding carboxylic acids is 1. The van der Waals surface area contributed by atoms with Crippen molar-refractivity contribution in [3.63, 3.8) is 0 Å². The molecular formula is C24H16BrClFNO3S2. The quantitative estimate of drug-likeness (QED) is 0.233. The lowest BCUT2D eigenvalue weighted by Crippen LogP contribution is -2.27. The van der Waals surface area contributed by atoms with E-state index in [1.54, 1.807) is 25.3 Å². The highest BCUT2D eigenvalue weighted by Crippen LogP contribution is 2.38. The Labute approximate surface area is 213 Å². The van der Waals surface area contributed by atoms with Gasteiger partial charge in [0, 0.05) is 4.47 Å². The zero-order valence-corrected chi connectivity index (χ0v) is 21.2. The fourth-order valence-corrected chi connectivity index (χ4v) is 4.84. The number of halogens is 3. The Balaban J connectivity index is 1.53. The molecule has 0 aliphatic carbocycles. The lowest BCUT2D eigenvalue weighted by atomic mass is 10.1. The Kier molecular flexibility index (Phi) is 7.38. The summed E-state index contributed by atoms with van der Waals surface area (Å²) >= 11 is 15.8. The molecule has 4 nitrogen and oxygen atoms in total. The molecule has 1 saturated heterocycles. The van der Waals surface area contributed by atoms with Crippen LogP contribution >= 0.6 is 51.5 Å². The van der Waals surface area contributed by atoms with Gasteiger partial charge < -0.3 is 9.47 Å². The molecule has 1 heterocycles. The summed E-state index contributed by atoms with van der Waals surface area (Å²) in [5.74, 6) is 0.269. The summed E-state index contributed by atoms with van der Waals surface area (Å²) in [4.78, 5) is 14.7. The molecule has 33 heavy (non-hydrogen) atoms. The second-order valence-electron chi connectivity index (χ2n) is 6.94. The van der Waals surface area contributed by atoms with Crippen molar-refractivity contribution in [3.05, 3.63) is 92.0 Å². The zero-order valence-electron chi connectivity index (χ0n) is 17.2. The van der Waals surface area contributed by atoms with E-state index in [1.807, 2.05) is 30.3 Å². The van der Waals surface area contributed by atoms with Crippen LogP contribution in [0.4, 0.5) is 10.1 Å². The summed E-state index contributed by atoms with van der Waals surface area (Å²) in [6, 6.07) is 17.3. The molecule has 0 unspecified atom stereocenters. The summed E-state index contributed by atoms with van der Waals surface area (Å²) in [5, 5.41) is -0.0750. The third kappa shape index (κ3) is 5.41. The average molecular weight is 565 g/mol. The van der Waals surface area contributed by atoms with Crippen molar-refractivity contribution in [2.75, 3.05) is 12.0 Å². The van der Waals surface area contributed by atoms with Crippen LogP contribution in [-0.4, -0.2) is 17.3 Å². The van der Waals surface area contributed by atoms with Gasteiger partial charge in [0.25, 0.3) is 5.91 Å². The molecule has 1 amide bonds. The first-order valence-corrected chi connectivity index (χ1v) is 12.0. The maximum atomic E-state index is 13.5. The van der Waals surface area contributed by atoms with Gasteiger partial charge >= 0.3 is 0 Å². The fraction of sp³-hybridized carbons (Fsp3) is 0.0833. The van der Waals surface area contributed by atoms with Crippen molar-refractivity contribution in [2.45, 2.75) is 6.61 Å². The normalized spacial score (nSPS) is 14.8. The number of nitrogens with zero attached hydrogens (tertiary/aromatic N) is 1. The summed E-state index contributed by atoms with van der Waals surface area (Å²) in [5.41, 5.74) is 2.19. The molecular weight excluding hydrogens is 549 g/mol. The second kappa shape index (κ2) is 10.3. The second-order valence-corrected chi connectivity index (χ2v) is 9.94. The molecule has 4 rings (SSSR count). The molecule has 168 valence electrons. The van der Waals surface area contributed by atoms with Gasteiger partial charge in [0.05, 0.1) is 22.7 Å². The Morgan fingerprint density at radius 2 is 1.88 bits per heavy atom. The number of amides is 1. The smallest absolute Gasteiger partial charge is 0.270 e. The van der Waals surface area contributed by atoms with Gasteiger partial charge in [-0.2, -0.15) is 0 Å². The van der Waals surface area contributed by atoms with Gasteiger partial charge in [0.1, 0.15) is 12.4 Å². The Morgan fingerprint density at radius 1 is 1.12 bits per heavy atom. The first kappa shape index (κ1) is 23.8. The molecule has 9 heteroatoms. The van der Waals surface area contributed by atoms with E-state index in [4.69, 9.17) is 33.3 Å². The predicted molar refractivity (Wildman–Crippen MR) is 139 cm³/mol. The number of ether oxygens (including phenoxy) is 2. The molecule has 1 aliphatic heterocycles. The lowest BCUT2D eigenvalue weighted by Gasteiger charge is -2.14. The fourth-order valence-electron chi connectivity index (χ4n) is 3.10. The number of carbonyl (C=O) groups is 1. The highest BCUT2D eigenvalue weighted by Gasteiger charge is 2.33. The van der Waals surface area contributed by atoms with E-state index in [2.05, 4.69) is 15.9 Å². The number of anilines is 1. The van der Waals surface area contributed by atoms with Gasteiger partial charge in [0.2, 0.25) is 0 Å². The minimum absolute atomic E-state index is 0.0750. The summed E-state index contributed by atoms with van der Waals surface area (Å²) < 4.78 is 26.2.